The molecule has 0 spiro atoms. The summed E-state index contributed by atoms with van der Waals surface area (Å²) in [6, 6.07) is 8.95. The second-order valence-electron chi connectivity index (χ2n) is 5.22. The molecule has 1 amide bonds. The molecule has 1 aromatic carbocycles. The van der Waals surface area contributed by atoms with Gasteiger partial charge in [-0.25, -0.2) is 4.98 Å². The van der Waals surface area contributed by atoms with Crippen LogP contribution in [0.5, 0.6) is 0 Å². The molecule has 0 bridgehead atoms. The Morgan fingerprint density at radius 2 is 2.00 bits per heavy atom. The number of carbonyl (C=O) groups excluding carboxylic acids is 1. The topological polar surface area (TPSA) is 83.8 Å². The number of hydrogen-bond acceptors (Lipinski definition) is 4. The third-order valence-corrected chi connectivity index (χ3v) is 3.23. The van der Waals surface area contributed by atoms with E-state index in [1.54, 1.807) is 12.3 Å². The number of carbonyl (C=O) groups is 1. The summed E-state index contributed by atoms with van der Waals surface area (Å²) < 4.78 is 5.70. The van der Waals surface area contributed by atoms with E-state index in [0.717, 1.165) is 11.3 Å². The van der Waals surface area contributed by atoms with Gasteiger partial charge in [0.15, 0.2) is 0 Å². The number of benzene rings is 1. The van der Waals surface area contributed by atoms with E-state index in [4.69, 9.17) is 4.42 Å². The molecular formula is C16H16N4O2. The van der Waals surface area contributed by atoms with Gasteiger partial charge in [-0.05, 0) is 30.3 Å². The summed E-state index contributed by atoms with van der Waals surface area (Å²) in [6.07, 6.45) is 3.28. The van der Waals surface area contributed by atoms with Crippen molar-refractivity contribution in [2.75, 3.05) is 5.32 Å². The second kappa shape index (κ2) is 5.85. The minimum Gasteiger partial charge on any atom is -0.441 e. The van der Waals surface area contributed by atoms with Crippen LogP contribution in [0.1, 0.15) is 36.0 Å². The lowest BCUT2D eigenvalue weighted by Gasteiger charge is -2.04. The average molecular weight is 296 g/mol. The van der Waals surface area contributed by atoms with Gasteiger partial charge in [-0.15, -0.1) is 0 Å². The summed E-state index contributed by atoms with van der Waals surface area (Å²) in [7, 11) is 0. The maximum absolute atomic E-state index is 11.9. The molecule has 0 saturated carbocycles. The summed E-state index contributed by atoms with van der Waals surface area (Å²) >= 11 is 0. The zero-order chi connectivity index (χ0) is 15.5. The van der Waals surface area contributed by atoms with Crippen LogP contribution in [-0.2, 0) is 0 Å². The van der Waals surface area contributed by atoms with Gasteiger partial charge in [0.1, 0.15) is 11.5 Å². The molecule has 2 aromatic heterocycles. The molecule has 3 aromatic rings. The number of amides is 1. The highest BCUT2D eigenvalue weighted by Crippen LogP contribution is 2.24. The van der Waals surface area contributed by atoms with E-state index in [2.05, 4.69) is 34.3 Å². The largest absolute Gasteiger partial charge is 0.441 e. The van der Waals surface area contributed by atoms with Crippen LogP contribution in [0.3, 0.4) is 0 Å². The van der Waals surface area contributed by atoms with Crippen LogP contribution in [0, 0.1) is 0 Å². The van der Waals surface area contributed by atoms with Crippen LogP contribution >= 0.6 is 0 Å². The standard InChI is InChI=1S/C16H16N4O2/c1-10(2)14-9-17-16(22-14)11-3-5-12(6-4-11)19-15(21)13-7-8-18-20-13/h3-10H,1-2H3,(H,18,20)(H,19,21). The average Bonchev–Trinajstić information content (AvgIpc) is 3.20. The molecule has 22 heavy (non-hydrogen) atoms. The molecule has 0 radical (unpaired) electrons. The highest BCUT2D eigenvalue weighted by molar-refractivity contribution is 6.02. The van der Waals surface area contributed by atoms with E-state index in [-0.39, 0.29) is 5.91 Å². The predicted molar refractivity (Wildman–Crippen MR) is 82.6 cm³/mol. The van der Waals surface area contributed by atoms with Crippen LogP contribution in [0.2, 0.25) is 0 Å². The molecule has 6 heteroatoms. The smallest absolute Gasteiger partial charge is 0.273 e. The zero-order valence-corrected chi connectivity index (χ0v) is 12.3. The SMILES string of the molecule is CC(C)c1cnc(-c2ccc(NC(=O)c3ccn[nH]3)cc2)o1. The second-order valence-corrected chi connectivity index (χ2v) is 5.22. The molecular weight excluding hydrogens is 280 g/mol. The molecule has 0 unspecified atom stereocenters. The Morgan fingerprint density at radius 3 is 2.59 bits per heavy atom. The maximum atomic E-state index is 11.9. The van der Waals surface area contributed by atoms with Crippen molar-refractivity contribution in [1.29, 1.82) is 0 Å². The van der Waals surface area contributed by atoms with Gasteiger partial charge in [0.05, 0.1) is 6.20 Å². The Kier molecular flexibility index (Phi) is 3.74. The van der Waals surface area contributed by atoms with Gasteiger partial charge in [-0.1, -0.05) is 13.8 Å². The summed E-state index contributed by atoms with van der Waals surface area (Å²) in [6.45, 7) is 4.11. The number of nitrogens with one attached hydrogen (secondary N) is 2. The third-order valence-electron chi connectivity index (χ3n) is 3.23. The van der Waals surface area contributed by atoms with Crippen molar-refractivity contribution in [3.63, 3.8) is 0 Å². The highest BCUT2D eigenvalue weighted by Gasteiger charge is 2.10. The quantitative estimate of drug-likeness (QED) is 0.772. The van der Waals surface area contributed by atoms with E-state index in [1.807, 2.05) is 24.3 Å². The Balaban J connectivity index is 1.73. The molecule has 2 heterocycles. The molecule has 0 aliphatic heterocycles. The Labute approximate surface area is 127 Å². The number of anilines is 1. The maximum Gasteiger partial charge on any atom is 0.273 e. The predicted octanol–water partition coefficient (Wildman–Crippen LogP) is 3.44. The molecule has 0 aliphatic carbocycles. The number of aromatic amines is 1. The van der Waals surface area contributed by atoms with Crippen molar-refractivity contribution < 1.29 is 9.21 Å². The van der Waals surface area contributed by atoms with Crippen molar-refractivity contribution in [2.45, 2.75) is 19.8 Å². The van der Waals surface area contributed by atoms with Crippen LogP contribution in [0.25, 0.3) is 11.5 Å². The monoisotopic (exact) mass is 296 g/mol. The Hall–Kier alpha value is -2.89. The van der Waals surface area contributed by atoms with Gasteiger partial charge >= 0.3 is 0 Å². The lowest BCUT2D eigenvalue weighted by molar-refractivity contribution is 0.102. The number of aromatic nitrogens is 3. The highest BCUT2D eigenvalue weighted by atomic mass is 16.4. The first-order valence-electron chi connectivity index (χ1n) is 7.00. The molecule has 6 nitrogen and oxygen atoms in total. The van der Waals surface area contributed by atoms with Crippen molar-refractivity contribution in [2.24, 2.45) is 0 Å². The summed E-state index contributed by atoms with van der Waals surface area (Å²) in [5, 5.41) is 9.15. The minimum atomic E-state index is -0.233. The van der Waals surface area contributed by atoms with Gasteiger partial charge in [0.2, 0.25) is 5.89 Å². The number of rotatable bonds is 4. The third kappa shape index (κ3) is 2.90. The van der Waals surface area contributed by atoms with Gasteiger partial charge in [-0.3, -0.25) is 9.89 Å². The molecule has 0 fully saturated rings. The number of nitrogens with zero attached hydrogens (tertiary/aromatic N) is 2. The lowest BCUT2D eigenvalue weighted by Crippen LogP contribution is -2.12. The van der Waals surface area contributed by atoms with Crippen molar-refractivity contribution in [1.82, 2.24) is 15.2 Å². The lowest BCUT2D eigenvalue weighted by atomic mass is 10.2. The fraction of sp³-hybridized carbons (Fsp3) is 0.188. The molecule has 0 aliphatic rings. The van der Waals surface area contributed by atoms with Gasteiger partial charge in [0, 0.05) is 23.4 Å². The van der Waals surface area contributed by atoms with Gasteiger partial charge in [-0.2, -0.15) is 5.10 Å². The first-order chi connectivity index (χ1) is 10.6. The van der Waals surface area contributed by atoms with Gasteiger partial charge < -0.3 is 9.73 Å². The minimum absolute atomic E-state index is 0.233. The van der Waals surface area contributed by atoms with E-state index < -0.39 is 0 Å². The van der Waals surface area contributed by atoms with Crippen molar-refractivity contribution in [3.05, 3.63) is 54.2 Å². The fourth-order valence-corrected chi connectivity index (χ4v) is 1.96. The molecule has 3 rings (SSSR count). The van der Waals surface area contributed by atoms with E-state index in [9.17, 15) is 4.79 Å². The Bertz CT molecular complexity index is 758. The van der Waals surface area contributed by atoms with E-state index >= 15 is 0 Å². The first-order valence-corrected chi connectivity index (χ1v) is 7.00. The van der Waals surface area contributed by atoms with Crippen molar-refractivity contribution in [3.8, 4) is 11.5 Å². The number of H-pyrrole nitrogens is 1. The number of oxazole rings is 1. The van der Waals surface area contributed by atoms with Crippen LogP contribution in [0.15, 0.2) is 47.1 Å². The van der Waals surface area contributed by atoms with Crippen LogP contribution in [-0.4, -0.2) is 21.1 Å². The molecule has 112 valence electrons. The van der Waals surface area contributed by atoms with E-state index in [0.29, 0.717) is 23.2 Å². The zero-order valence-electron chi connectivity index (χ0n) is 12.3. The summed E-state index contributed by atoms with van der Waals surface area (Å²) in [5.41, 5.74) is 1.98. The Morgan fingerprint density at radius 1 is 1.23 bits per heavy atom. The van der Waals surface area contributed by atoms with Gasteiger partial charge in [0.25, 0.3) is 5.91 Å². The van der Waals surface area contributed by atoms with Crippen molar-refractivity contribution >= 4 is 11.6 Å². The van der Waals surface area contributed by atoms with E-state index in [1.165, 1.54) is 6.20 Å². The summed E-state index contributed by atoms with van der Waals surface area (Å²) in [4.78, 5) is 16.2. The number of hydrogen-bond donors (Lipinski definition) is 2. The normalized spacial score (nSPS) is 10.9. The molecule has 2 N–H and O–H groups in total. The van der Waals surface area contributed by atoms with Crippen LogP contribution in [0.4, 0.5) is 5.69 Å². The van der Waals surface area contributed by atoms with Crippen LogP contribution < -0.4 is 5.32 Å². The summed E-state index contributed by atoms with van der Waals surface area (Å²) in [5.74, 6) is 1.50. The first kappa shape index (κ1) is 14.1. The molecule has 0 atom stereocenters. The fourth-order valence-electron chi connectivity index (χ4n) is 1.96. The molecule has 0 saturated heterocycles.